The third kappa shape index (κ3) is 3.41. The highest BCUT2D eigenvalue weighted by Gasteiger charge is 2.13. The zero-order chi connectivity index (χ0) is 13.8. The molecule has 2 aromatic rings. The smallest absolute Gasteiger partial charge is 0.131 e. The SMILES string of the molecule is CCNc1cc(NC(C)c2sc(C)nc2C)ncn1. The molecule has 0 aliphatic carbocycles. The van der Waals surface area contributed by atoms with Crippen LogP contribution >= 0.6 is 11.3 Å². The van der Waals surface area contributed by atoms with Crippen LogP contribution in [0, 0.1) is 13.8 Å². The van der Waals surface area contributed by atoms with Gasteiger partial charge in [-0.05, 0) is 27.7 Å². The molecule has 0 amide bonds. The first kappa shape index (κ1) is 13.7. The van der Waals surface area contributed by atoms with Gasteiger partial charge in [-0.15, -0.1) is 11.3 Å². The number of aromatic nitrogens is 3. The second-order valence-electron chi connectivity index (χ2n) is 4.37. The molecule has 0 fully saturated rings. The minimum absolute atomic E-state index is 0.190. The molecule has 0 bridgehead atoms. The third-order valence-electron chi connectivity index (χ3n) is 2.72. The van der Waals surface area contributed by atoms with Gasteiger partial charge in [0.2, 0.25) is 0 Å². The molecule has 0 aliphatic rings. The van der Waals surface area contributed by atoms with Crippen molar-refractivity contribution in [1.82, 2.24) is 15.0 Å². The molecular weight excluding hydrogens is 258 g/mol. The molecule has 0 saturated carbocycles. The van der Waals surface area contributed by atoms with Crippen molar-refractivity contribution in [2.45, 2.75) is 33.7 Å². The Balaban J connectivity index is 2.12. The Morgan fingerprint density at radius 3 is 2.63 bits per heavy atom. The van der Waals surface area contributed by atoms with Crippen molar-refractivity contribution in [2.75, 3.05) is 17.2 Å². The summed E-state index contributed by atoms with van der Waals surface area (Å²) in [7, 11) is 0. The lowest BCUT2D eigenvalue weighted by atomic mass is 10.2. The normalized spacial score (nSPS) is 12.2. The Morgan fingerprint density at radius 1 is 1.26 bits per heavy atom. The Labute approximate surface area is 117 Å². The van der Waals surface area contributed by atoms with Crippen LogP contribution in [0.1, 0.15) is 35.5 Å². The van der Waals surface area contributed by atoms with Crippen LogP contribution < -0.4 is 10.6 Å². The minimum atomic E-state index is 0.190. The molecule has 6 heteroatoms. The summed E-state index contributed by atoms with van der Waals surface area (Å²) in [5, 5.41) is 7.66. The summed E-state index contributed by atoms with van der Waals surface area (Å²) in [6.45, 7) is 9.08. The van der Waals surface area contributed by atoms with E-state index in [9.17, 15) is 0 Å². The number of aryl methyl sites for hydroxylation is 2. The maximum atomic E-state index is 4.45. The molecule has 0 radical (unpaired) electrons. The van der Waals surface area contributed by atoms with Crippen molar-refractivity contribution >= 4 is 23.0 Å². The summed E-state index contributed by atoms with van der Waals surface area (Å²) >= 11 is 1.72. The largest absolute Gasteiger partial charge is 0.370 e. The van der Waals surface area contributed by atoms with E-state index in [1.807, 2.05) is 26.8 Å². The molecule has 2 aromatic heterocycles. The van der Waals surface area contributed by atoms with E-state index in [4.69, 9.17) is 0 Å². The van der Waals surface area contributed by atoms with Gasteiger partial charge in [0.1, 0.15) is 18.0 Å². The maximum absolute atomic E-state index is 4.45. The fourth-order valence-corrected chi connectivity index (χ4v) is 2.88. The standard InChI is InChI=1S/C13H19N5S/c1-5-14-11-6-12(16-7-15-11)18-9(3)13-8(2)17-10(4)19-13/h6-7,9H,5H2,1-4H3,(H2,14,15,16,18). The van der Waals surface area contributed by atoms with Gasteiger partial charge in [-0.1, -0.05) is 0 Å². The van der Waals surface area contributed by atoms with E-state index < -0.39 is 0 Å². The number of nitrogens with zero attached hydrogens (tertiary/aromatic N) is 3. The predicted octanol–water partition coefficient (Wildman–Crippen LogP) is 3.15. The van der Waals surface area contributed by atoms with Crippen molar-refractivity contribution < 1.29 is 0 Å². The van der Waals surface area contributed by atoms with Gasteiger partial charge in [0, 0.05) is 17.5 Å². The molecule has 0 aromatic carbocycles. The van der Waals surface area contributed by atoms with Gasteiger partial charge < -0.3 is 10.6 Å². The molecule has 1 atom stereocenters. The molecule has 0 saturated heterocycles. The first-order valence-corrected chi connectivity index (χ1v) is 7.18. The zero-order valence-electron chi connectivity index (χ0n) is 11.7. The highest BCUT2D eigenvalue weighted by Crippen LogP contribution is 2.27. The van der Waals surface area contributed by atoms with Gasteiger partial charge in [0.15, 0.2) is 0 Å². The lowest BCUT2D eigenvalue weighted by Gasteiger charge is -2.14. The molecule has 2 heterocycles. The molecule has 19 heavy (non-hydrogen) atoms. The maximum Gasteiger partial charge on any atom is 0.131 e. The van der Waals surface area contributed by atoms with Crippen LogP contribution in [0.3, 0.4) is 0 Å². The van der Waals surface area contributed by atoms with Gasteiger partial charge in [0.25, 0.3) is 0 Å². The summed E-state index contributed by atoms with van der Waals surface area (Å²) in [5.41, 5.74) is 1.09. The van der Waals surface area contributed by atoms with E-state index in [-0.39, 0.29) is 6.04 Å². The number of anilines is 2. The van der Waals surface area contributed by atoms with E-state index in [1.54, 1.807) is 17.7 Å². The van der Waals surface area contributed by atoms with Crippen molar-refractivity contribution in [3.05, 3.63) is 28.0 Å². The first-order valence-electron chi connectivity index (χ1n) is 6.36. The van der Waals surface area contributed by atoms with Crippen LogP contribution in [0.5, 0.6) is 0 Å². The number of rotatable bonds is 5. The van der Waals surface area contributed by atoms with Crippen molar-refractivity contribution in [3.8, 4) is 0 Å². The second kappa shape index (κ2) is 5.97. The third-order valence-corrected chi connectivity index (χ3v) is 3.98. The highest BCUT2D eigenvalue weighted by molar-refractivity contribution is 7.11. The van der Waals surface area contributed by atoms with Crippen LogP contribution in [-0.4, -0.2) is 21.5 Å². The van der Waals surface area contributed by atoms with E-state index in [0.717, 1.165) is 28.9 Å². The van der Waals surface area contributed by atoms with Crippen LogP contribution in [0.15, 0.2) is 12.4 Å². The monoisotopic (exact) mass is 277 g/mol. The zero-order valence-corrected chi connectivity index (χ0v) is 12.5. The molecule has 0 spiro atoms. The van der Waals surface area contributed by atoms with E-state index in [0.29, 0.717) is 0 Å². The lowest BCUT2D eigenvalue weighted by Crippen LogP contribution is -2.09. The Kier molecular flexibility index (Phi) is 4.31. The molecule has 0 aliphatic heterocycles. The van der Waals surface area contributed by atoms with Gasteiger partial charge in [0.05, 0.1) is 16.7 Å². The number of thiazole rings is 1. The lowest BCUT2D eigenvalue weighted by molar-refractivity contribution is 0.877. The van der Waals surface area contributed by atoms with Crippen LogP contribution in [-0.2, 0) is 0 Å². The Bertz CT molecular complexity index is 552. The Morgan fingerprint density at radius 2 is 2.00 bits per heavy atom. The fourth-order valence-electron chi connectivity index (χ4n) is 1.95. The van der Waals surface area contributed by atoms with Crippen molar-refractivity contribution in [2.24, 2.45) is 0 Å². The first-order chi connectivity index (χ1) is 9.10. The number of hydrogen-bond donors (Lipinski definition) is 2. The van der Waals surface area contributed by atoms with Crippen molar-refractivity contribution in [1.29, 1.82) is 0 Å². The predicted molar refractivity (Wildman–Crippen MR) is 79.8 cm³/mol. The molecule has 5 nitrogen and oxygen atoms in total. The Hall–Kier alpha value is -1.69. The average molecular weight is 277 g/mol. The second-order valence-corrected chi connectivity index (χ2v) is 5.60. The van der Waals surface area contributed by atoms with Crippen LogP contribution in [0.4, 0.5) is 11.6 Å². The topological polar surface area (TPSA) is 62.7 Å². The van der Waals surface area contributed by atoms with Crippen molar-refractivity contribution in [3.63, 3.8) is 0 Å². The van der Waals surface area contributed by atoms with Crippen LogP contribution in [0.2, 0.25) is 0 Å². The van der Waals surface area contributed by atoms with E-state index in [1.165, 1.54) is 4.88 Å². The molecule has 2 rings (SSSR count). The average Bonchev–Trinajstić information content (AvgIpc) is 2.69. The minimum Gasteiger partial charge on any atom is -0.370 e. The van der Waals surface area contributed by atoms with Gasteiger partial charge in [-0.25, -0.2) is 15.0 Å². The summed E-state index contributed by atoms with van der Waals surface area (Å²) in [6.07, 6.45) is 1.57. The van der Waals surface area contributed by atoms with Gasteiger partial charge in [-0.3, -0.25) is 0 Å². The van der Waals surface area contributed by atoms with Gasteiger partial charge in [-0.2, -0.15) is 0 Å². The summed E-state index contributed by atoms with van der Waals surface area (Å²) < 4.78 is 0. The molecular formula is C13H19N5S. The van der Waals surface area contributed by atoms with Gasteiger partial charge >= 0.3 is 0 Å². The number of hydrogen-bond acceptors (Lipinski definition) is 6. The summed E-state index contributed by atoms with van der Waals surface area (Å²) in [5.74, 6) is 1.66. The molecule has 1 unspecified atom stereocenters. The fraction of sp³-hybridized carbons (Fsp3) is 0.462. The van der Waals surface area contributed by atoms with Crippen LogP contribution in [0.25, 0.3) is 0 Å². The molecule has 102 valence electrons. The summed E-state index contributed by atoms with van der Waals surface area (Å²) in [4.78, 5) is 14.1. The van der Waals surface area contributed by atoms with E-state index in [2.05, 4.69) is 32.5 Å². The summed E-state index contributed by atoms with van der Waals surface area (Å²) in [6, 6.07) is 2.11. The molecule has 2 N–H and O–H groups in total. The van der Waals surface area contributed by atoms with E-state index >= 15 is 0 Å². The number of nitrogens with one attached hydrogen (secondary N) is 2. The highest BCUT2D eigenvalue weighted by atomic mass is 32.1. The quantitative estimate of drug-likeness (QED) is 0.879.